The van der Waals surface area contributed by atoms with Gasteiger partial charge >= 0.3 is 0 Å². The smallest absolute Gasteiger partial charge is 0.255 e. The molecule has 0 aromatic carbocycles. The first kappa shape index (κ1) is 24.0. The van der Waals surface area contributed by atoms with Gasteiger partial charge in [0.15, 0.2) is 0 Å². The van der Waals surface area contributed by atoms with Crippen molar-refractivity contribution in [1.82, 2.24) is 20.4 Å². The van der Waals surface area contributed by atoms with Crippen molar-refractivity contribution < 1.29 is 14.7 Å². The number of aromatic nitrogens is 2. The van der Waals surface area contributed by atoms with Crippen LogP contribution in [0.2, 0.25) is 0 Å². The van der Waals surface area contributed by atoms with Gasteiger partial charge in [-0.1, -0.05) is 19.9 Å². The Morgan fingerprint density at radius 2 is 1.94 bits per heavy atom. The summed E-state index contributed by atoms with van der Waals surface area (Å²) in [6, 6.07) is 0.136. The SMILES string of the molecule is CCNC(=O)C(C)(C)C=Cn1ncc(C(=O)NC2C3CC4CC2CC(O)(C4)C3)c1CC(C)C. The van der Waals surface area contributed by atoms with E-state index in [1.54, 1.807) is 10.9 Å². The average Bonchev–Trinajstić information content (AvgIpc) is 3.10. The molecule has 4 fully saturated rings. The highest BCUT2D eigenvalue weighted by Gasteiger charge is 2.55. The standard InChI is InChI=1S/C26H40N4O3/c1-6-27-24(32)25(4,5)7-8-30-21(9-16(2)3)20(15-28-30)23(31)29-22-18-10-17-11-19(22)14-26(33,12-17)13-18/h7-8,15-19,22,33H,6,9-14H2,1-5H3,(H,27,32)(H,29,31). The van der Waals surface area contributed by atoms with Gasteiger partial charge in [-0.15, -0.1) is 0 Å². The summed E-state index contributed by atoms with van der Waals surface area (Å²) in [4.78, 5) is 25.8. The highest BCUT2D eigenvalue weighted by molar-refractivity contribution is 5.95. The molecule has 0 aliphatic heterocycles. The largest absolute Gasteiger partial charge is 0.390 e. The van der Waals surface area contributed by atoms with E-state index in [1.165, 1.54) is 0 Å². The zero-order valence-corrected chi connectivity index (χ0v) is 20.7. The molecule has 2 atom stereocenters. The summed E-state index contributed by atoms with van der Waals surface area (Å²) in [6.07, 6.45) is 10.8. The molecule has 7 heteroatoms. The minimum atomic E-state index is -0.680. The number of aliphatic hydroxyl groups is 1. The Morgan fingerprint density at radius 1 is 1.27 bits per heavy atom. The third-order valence-electron chi connectivity index (χ3n) is 7.84. The van der Waals surface area contributed by atoms with Crippen LogP contribution in [0.25, 0.3) is 6.20 Å². The molecule has 182 valence electrons. The zero-order valence-electron chi connectivity index (χ0n) is 20.7. The Balaban J connectivity index is 1.53. The summed E-state index contributed by atoms with van der Waals surface area (Å²) in [5, 5.41) is 21.5. The number of nitrogens with zero attached hydrogens (tertiary/aromatic N) is 2. The first-order chi connectivity index (χ1) is 15.5. The van der Waals surface area contributed by atoms with Crippen molar-refractivity contribution >= 4 is 18.0 Å². The fourth-order valence-electron chi connectivity index (χ4n) is 6.46. The van der Waals surface area contributed by atoms with Crippen LogP contribution in [0.15, 0.2) is 12.3 Å². The number of amides is 2. The highest BCUT2D eigenvalue weighted by atomic mass is 16.3. The van der Waals surface area contributed by atoms with E-state index < -0.39 is 11.0 Å². The van der Waals surface area contributed by atoms with Crippen molar-refractivity contribution in [2.45, 2.75) is 84.8 Å². The van der Waals surface area contributed by atoms with Crippen LogP contribution in [-0.4, -0.2) is 44.9 Å². The Kier molecular flexibility index (Phi) is 6.47. The Bertz CT molecular complexity index is 916. The van der Waals surface area contributed by atoms with Crippen molar-refractivity contribution in [2.75, 3.05) is 6.54 Å². The van der Waals surface area contributed by atoms with Crippen LogP contribution >= 0.6 is 0 Å². The Labute approximate surface area is 197 Å². The van der Waals surface area contributed by atoms with E-state index in [0.29, 0.717) is 42.2 Å². The van der Waals surface area contributed by atoms with E-state index in [1.807, 2.05) is 33.0 Å². The molecule has 33 heavy (non-hydrogen) atoms. The molecule has 3 N–H and O–H groups in total. The molecule has 1 aromatic heterocycles. The van der Waals surface area contributed by atoms with Crippen molar-refractivity contribution in [3.63, 3.8) is 0 Å². The Morgan fingerprint density at radius 3 is 2.52 bits per heavy atom. The van der Waals surface area contributed by atoms with Crippen LogP contribution in [0.5, 0.6) is 0 Å². The van der Waals surface area contributed by atoms with Gasteiger partial charge in [-0.05, 0) is 83.0 Å². The number of rotatable bonds is 8. The summed E-state index contributed by atoms with van der Waals surface area (Å²) in [7, 11) is 0. The predicted molar refractivity (Wildman–Crippen MR) is 128 cm³/mol. The second-order valence-electron chi connectivity index (χ2n) is 11.6. The second-order valence-corrected chi connectivity index (χ2v) is 11.6. The van der Waals surface area contributed by atoms with E-state index in [2.05, 4.69) is 29.6 Å². The lowest BCUT2D eigenvalue weighted by Gasteiger charge is -2.58. The number of carbonyl (C=O) groups is 2. The highest BCUT2D eigenvalue weighted by Crippen LogP contribution is 2.55. The van der Waals surface area contributed by atoms with Gasteiger partial charge in [0, 0.05) is 18.8 Å². The summed E-state index contributed by atoms with van der Waals surface area (Å²) in [6.45, 7) is 10.5. The van der Waals surface area contributed by atoms with Gasteiger partial charge in [-0.3, -0.25) is 9.59 Å². The first-order valence-corrected chi connectivity index (χ1v) is 12.6. The van der Waals surface area contributed by atoms with Crippen molar-refractivity contribution in [3.05, 3.63) is 23.5 Å². The maximum atomic E-state index is 13.4. The molecule has 0 saturated heterocycles. The number of carbonyl (C=O) groups excluding carboxylic acids is 2. The lowest BCUT2D eigenvalue weighted by molar-refractivity contribution is -0.137. The molecule has 0 radical (unpaired) electrons. The summed E-state index contributed by atoms with van der Waals surface area (Å²) < 4.78 is 1.75. The summed E-state index contributed by atoms with van der Waals surface area (Å²) in [5.74, 6) is 1.58. The van der Waals surface area contributed by atoms with E-state index in [9.17, 15) is 14.7 Å². The van der Waals surface area contributed by atoms with Gasteiger partial charge in [0.05, 0.1) is 28.5 Å². The quantitative estimate of drug-likeness (QED) is 0.559. The first-order valence-electron chi connectivity index (χ1n) is 12.6. The molecule has 2 unspecified atom stereocenters. The number of nitrogens with one attached hydrogen (secondary N) is 2. The average molecular weight is 457 g/mol. The Hall–Kier alpha value is -2.15. The third kappa shape index (κ3) is 4.88. The number of hydrogen-bond donors (Lipinski definition) is 3. The van der Waals surface area contributed by atoms with E-state index >= 15 is 0 Å². The molecule has 4 saturated carbocycles. The van der Waals surface area contributed by atoms with E-state index in [4.69, 9.17) is 0 Å². The number of hydrogen-bond acceptors (Lipinski definition) is 4. The molecule has 5 rings (SSSR count). The van der Waals surface area contributed by atoms with Crippen LogP contribution in [0.1, 0.15) is 82.8 Å². The molecule has 4 aliphatic carbocycles. The van der Waals surface area contributed by atoms with E-state index in [0.717, 1.165) is 37.8 Å². The minimum absolute atomic E-state index is 0.0414. The third-order valence-corrected chi connectivity index (χ3v) is 7.84. The van der Waals surface area contributed by atoms with E-state index in [-0.39, 0.29) is 17.9 Å². The molecular weight excluding hydrogens is 416 g/mol. The summed E-state index contributed by atoms with van der Waals surface area (Å²) >= 11 is 0. The van der Waals surface area contributed by atoms with Gasteiger partial charge in [-0.2, -0.15) is 5.10 Å². The molecule has 7 nitrogen and oxygen atoms in total. The zero-order chi connectivity index (χ0) is 24.0. The van der Waals surface area contributed by atoms with Crippen LogP contribution in [0.3, 0.4) is 0 Å². The lowest BCUT2D eigenvalue weighted by atomic mass is 9.52. The van der Waals surface area contributed by atoms with Crippen molar-refractivity contribution in [1.29, 1.82) is 0 Å². The fraction of sp³-hybridized carbons (Fsp3) is 0.731. The maximum Gasteiger partial charge on any atom is 0.255 e. The van der Waals surface area contributed by atoms with Crippen molar-refractivity contribution in [2.24, 2.45) is 29.1 Å². The molecular formula is C26H40N4O3. The van der Waals surface area contributed by atoms with Gasteiger partial charge < -0.3 is 15.7 Å². The molecule has 0 spiro atoms. The second kappa shape index (κ2) is 8.90. The lowest BCUT2D eigenvalue weighted by Crippen LogP contribution is -2.61. The molecule has 4 aliphatic rings. The molecule has 2 amide bonds. The van der Waals surface area contributed by atoms with Crippen LogP contribution < -0.4 is 10.6 Å². The molecule has 1 aromatic rings. The predicted octanol–water partition coefficient (Wildman–Crippen LogP) is 3.38. The normalized spacial score (nSPS) is 30.9. The fourth-order valence-corrected chi connectivity index (χ4v) is 6.46. The van der Waals surface area contributed by atoms with Gasteiger partial charge in [-0.25, -0.2) is 4.68 Å². The van der Waals surface area contributed by atoms with Gasteiger partial charge in [0.2, 0.25) is 5.91 Å². The minimum Gasteiger partial charge on any atom is -0.390 e. The topological polar surface area (TPSA) is 96.2 Å². The van der Waals surface area contributed by atoms with Crippen LogP contribution in [0.4, 0.5) is 0 Å². The summed E-state index contributed by atoms with van der Waals surface area (Å²) in [5.41, 5.74) is 0.289. The van der Waals surface area contributed by atoms with Gasteiger partial charge in [0.25, 0.3) is 5.91 Å². The molecule has 4 bridgehead atoms. The maximum absolute atomic E-state index is 13.4. The molecule has 1 heterocycles. The van der Waals surface area contributed by atoms with Crippen LogP contribution in [0, 0.1) is 29.1 Å². The van der Waals surface area contributed by atoms with Gasteiger partial charge in [0.1, 0.15) is 0 Å². The van der Waals surface area contributed by atoms with Crippen LogP contribution in [-0.2, 0) is 11.2 Å². The van der Waals surface area contributed by atoms with Crippen molar-refractivity contribution in [3.8, 4) is 0 Å². The monoisotopic (exact) mass is 456 g/mol.